The highest BCUT2D eigenvalue weighted by molar-refractivity contribution is 6.42. The lowest BCUT2D eigenvalue weighted by Crippen LogP contribution is -2.39. The predicted octanol–water partition coefficient (Wildman–Crippen LogP) is 2.59. The summed E-state index contributed by atoms with van der Waals surface area (Å²) >= 11 is 11.7. The number of amides is 1. The maximum absolute atomic E-state index is 12.4. The Morgan fingerprint density at radius 2 is 1.76 bits per heavy atom. The van der Waals surface area contributed by atoms with Crippen molar-refractivity contribution >= 4 is 40.8 Å². The molecule has 3 rings (SSSR count). The van der Waals surface area contributed by atoms with Gasteiger partial charge in [0, 0.05) is 5.69 Å². The predicted molar refractivity (Wildman–Crippen MR) is 77.5 cm³/mol. The summed E-state index contributed by atoms with van der Waals surface area (Å²) in [5, 5.41) is 12.6. The highest BCUT2D eigenvalue weighted by atomic mass is 35.5. The Balaban J connectivity index is 1.80. The molecule has 2 aliphatic heterocycles. The summed E-state index contributed by atoms with van der Waals surface area (Å²) in [5.41, 5.74) is 0.463. The number of anilines is 1. The molecule has 0 aromatic heterocycles. The minimum atomic E-state index is -1.04. The Labute approximate surface area is 130 Å². The molecular weight excluding hydrogens is 317 g/mol. The molecule has 2 N–H and O–H groups in total. The highest BCUT2D eigenvalue weighted by Crippen LogP contribution is 2.40. The number of benzene rings is 1. The van der Waals surface area contributed by atoms with Gasteiger partial charge >= 0.3 is 5.97 Å². The first-order valence-electron chi connectivity index (χ1n) is 6.30. The molecular formula is C14H11Cl2NO4. The molecule has 2 bridgehead atoms. The molecule has 0 spiro atoms. The van der Waals surface area contributed by atoms with Crippen molar-refractivity contribution in [2.75, 3.05) is 5.32 Å². The van der Waals surface area contributed by atoms with Gasteiger partial charge in [-0.05, 0) is 18.2 Å². The van der Waals surface area contributed by atoms with Gasteiger partial charge in [0.2, 0.25) is 5.91 Å². The number of nitrogens with one attached hydrogen (secondary N) is 1. The number of halogens is 2. The number of rotatable bonds is 3. The van der Waals surface area contributed by atoms with E-state index in [1.807, 2.05) is 0 Å². The molecule has 1 amide bonds. The second-order valence-electron chi connectivity index (χ2n) is 4.96. The fourth-order valence-corrected chi connectivity index (χ4v) is 3.01. The third-order valence-corrected chi connectivity index (χ3v) is 4.41. The first-order chi connectivity index (χ1) is 9.97. The summed E-state index contributed by atoms with van der Waals surface area (Å²) in [5.74, 6) is -3.08. The van der Waals surface area contributed by atoms with E-state index in [-0.39, 0.29) is 0 Å². The van der Waals surface area contributed by atoms with Crippen LogP contribution in [0, 0.1) is 11.8 Å². The van der Waals surface area contributed by atoms with Crippen LogP contribution in [0.2, 0.25) is 10.0 Å². The van der Waals surface area contributed by atoms with Crippen LogP contribution in [-0.4, -0.2) is 29.2 Å². The van der Waals surface area contributed by atoms with Crippen molar-refractivity contribution in [2.24, 2.45) is 11.8 Å². The minimum Gasteiger partial charge on any atom is -0.481 e. The number of carbonyl (C=O) groups excluding carboxylic acids is 1. The lowest BCUT2D eigenvalue weighted by atomic mass is 9.82. The number of carbonyl (C=O) groups is 2. The summed E-state index contributed by atoms with van der Waals surface area (Å²) < 4.78 is 5.46. The molecule has 110 valence electrons. The zero-order valence-corrected chi connectivity index (χ0v) is 12.1. The fourth-order valence-electron chi connectivity index (χ4n) is 2.71. The molecule has 0 radical (unpaired) electrons. The van der Waals surface area contributed by atoms with Gasteiger partial charge in [-0.1, -0.05) is 35.4 Å². The van der Waals surface area contributed by atoms with Gasteiger partial charge < -0.3 is 15.2 Å². The van der Waals surface area contributed by atoms with E-state index in [1.54, 1.807) is 24.3 Å². The van der Waals surface area contributed by atoms with E-state index in [0.717, 1.165) is 0 Å². The number of hydrogen-bond acceptors (Lipinski definition) is 3. The Morgan fingerprint density at radius 1 is 1.10 bits per heavy atom. The molecule has 2 heterocycles. The van der Waals surface area contributed by atoms with Crippen molar-refractivity contribution in [1.29, 1.82) is 0 Å². The van der Waals surface area contributed by atoms with Gasteiger partial charge in [-0.3, -0.25) is 9.59 Å². The number of aliphatic carboxylic acids is 1. The van der Waals surface area contributed by atoms with Crippen LogP contribution in [0.15, 0.2) is 30.4 Å². The molecule has 5 nitrogen and oxygen atoms in total. The highest BCUT2D eigenvalue weighted by Gasteiger charge is 2.53. The van der Waals surface area contributed by atoms with E-state index in [0.29, 0.717) is 15.7 Å². The maximum Gasteiger partial charge on any atom is 0.310 e. The standard InChI is InChI=1S/C14H11Cl2NO4/c15-7-2-1-6(5-8(7)16)17-13(18)11-9-3-4-10(21-9)12(11)14(19)20/h1-5,9-12H,(H,17,18)(H,19,20)/t9-,10+,11+,12-/m0/s1. The molecule has 1 saturated heterocycles. The third kappa shape index (κ3) is 2.52. The van der Waals surface area contributed by atoms with Crippen LogP contribution in [-0.2, 0) is 14.3 Å². The van der Waals surface area contributed by atoms with Crippen molar-refractivity contribution in [3.63, 3.8) is 0 Å². The second kappa shape index (κ2) is 5.33. The second-order valence-corrected chi connectivity index (χ2v) is 5.77. The van der Waals surface area contributed by atoms with Gasteiger partial charge in [0.1, 0.15) is 5.92 Å². The molecule has 1 fully saturated rings. The number of carboxylic acid groups (broad SMARTS) is 1. The molecule has 7 heteroatoms. The molecule has 0 aliphatic carbocycles. The van der Waals surface area contributed by atoms with Gasteiger partial charge in [-0.15, -0.1) is 0 Å². The van der Waals surface area contributed by atoms with Crippen molar-refractivity contribution in [2.45, 2.75) is 12.2 Å². The van der Waals surface area contributed by atoms with Crippen LogP contribution in [0.5, 0.6) is 0 Å². The molecule has 21 heavy (non-hydrogen) atoms. The number of fused-ring (bicyclic) bond motifs is 2. The zero-order chi connectivity index (χ0) is 15.1. The van der Waals surface area contributed by atoms with Crippen molar-refractivity contribution in [3.05, 3.63) is 40.4 Å². The van der Waals surface area contributed by atoms with E-state index in [9.17, 15) is 14.7 Å². The lowest BCUT2D eigenvalue weighted by molar-refractivity contribution is -0.145. The normalized spacial score (nSPS) is 29.6. The quantitative estimate of drug-likeness (QED) is 0.836. The Morgan fingerprint density at radius 3 is 2.38 bits per heavy atom. The molecule has 4 atom stereocenters. The summed E-state index contributed by atoms with van der Waals surface area (Å²) in [6.45, 7) is 0. The third-order valence-electron chi connectivity index (χ3n) is 3.67. The SMILES string of the molecule is O=C(O)[C@@H]1[C@H](C(=O)Nc2ccc(Cl)c(Cl)c2)[C@@H]2C=C[C@H]1O2. The molecule has 0 saturated carbocycles. The number of carboxylic acids is 1. The largest absolute Gasteiger partial charge is 0.481 e. The van der Waals surface area contributed by atoms with Crippen molar-refractivity contribution in [1.82, 2.24) is 0 Å². The van der Waals surface area contributed by atoms with Crippen LogP contribution < -0.4 is 5.32 Å². The van der Waals surface area contributed by atoms with Gasteiger partial charge in [0.05, 0.1) is 28.2 Å². The topological polar surface area (TPSA) is 75.6 Å². The summed E-state index contributed by atoms with van der Waals surface area (Å²) in [6.07, 6.45) is 2.37. The van der Waals surface area contributed by atoms with Gasteiger partial charge in [0.15, 0.2) is 0 Å². The van der Waals surface area contributed by atoms with E-state index in [1.165, 1.54) is 6.07 Å². The first-order valence-corrected chi connectivity index (χ1v) is 7.05. The molecule has 2 aliphatic rings. The average molecular weight is 328 g/mol. The number of hydrogen-bond donors (Lipinski definition) is 2. The van der Waals surface area contributed by atoms with Crippen molar-refractivity contribution < 1.29 is 19.4 Å². The van der Waals surface area contributed by atoms with Crippen LogP contribution in [0.4, 0.5) is 5.69 Å². The minimum absolute atomic E-state index is 0.313. The zero-order valence-electron chi connectivity index (χ0n) is 10.6. The Bertz CT molecular complexity index is 646. The van der Waals surface area contributed by atoms with E-state index >= 15 is 0 Å². The maximum atomic E-state index is 12.4. The molecule has 1 aromatic carbocycles. The molecule has 1 aromatic rings. The van der Waals surface area contributed by atoms with Crippen molar-refractivity contribution in [3.8, 4) is 0 Å². The fraction of sp³-hybridized carbons (Fsp3) is 0.286. The molecule has 0 unspecified atom stereocenters. The van der Waals surface area contributed by atoms with Crippen LogP contribution >= 0.6 is 23.2 Å². The van der Waals surface area contributed by atoms with E-state index in [4.69, 9.17) is 27.9 Å². The van der Waals surface area contributed by atoms with Crippen LogP contribution in [0.1, 0.15) is 0 Å². The van der Waals surface area contributed by atoms with Crippen LogP contribution in [0.3, 0.4) is 0 Å². The van der Waals surface area contributed by atoms with Crippen LogP contribution in [0.25, 0.3) is 0 Å². The van der Waals surface area contributed by atoms with E-state index in [2.05, 4.69) is 5.32 Å². The first kappa shape index (κ1) is 14.4. The van der Waals surface area contributed by atoms with E-state index < -0.39 is 35.9 Å². The van der Waals surface area contributed by atoms with Gasteiger partial charge in [0.25, 0.3) is 0 Å². The van der Waals surface area contributed by atoms with Gasteiger partial charge in [-0.25, -0.2) is 0 Å². The lowest BCUT2D eigenvalue weighted by Gasteiger charge is -2.21. The Hall–Kier alpha value is -1.56. The summed E-state index contributed by atoms with van der Waals surface area (Å²) in [7, 11) is 0. The summed E-state index contributed by atoms with van der Waals surface area (Å²) in [4.78, 5) is 23.7. The monoisotopic (exact) mass is 327 g/mol. The Kier molecular flexibility index (Phi) is 3.65. The summed E-state index contributed by atoms with van der Waals surface area (Å²) in [6, 6.07) is 4.68. The van der Waals surface area contributed by atoms with Gasteiger partial charge in [-0.2, -0.15) is 0 Å². The number of ether oxygens (including phenoxy) is 1. The smallest absolute Gasteiger partial charge is 0.310 e. The average Bonchev–Trinajstić information content (AvgIpc) is 3.03.